The second kappa shape index (κ2) is 6.17. The van der Waals surface area contributed by atoms with Gasteiger partial charge in [0.05, 0.1) is 17.6 Å². The van der Waals surface area contributed by atoms with Gasteiger partial charge in [-0.05, 0) is 38.3 Å². The van der Waals surface area contributed by atoms with E-state index < -0.39 is 12.0 Å². The highest BCUT2D eigenvalue weighted by Crippen LogP contribution is 2.31. The molecular formula is C16H19N3O3. The SMILES string of the molecule is CCOc1nc2ccccc2nc1N1CCCC[C@@H]1C(=O)O. The van der Waals surface area contributed by atoms with Crippen molar-refractivity contribution in [3.05, 3.63) is 24.3 Å². The largest absolute Gasteiger partial charge is 0.480 e. The molecule has 6 nitrogen and oxygen atoms in total. The maximum Gasteiger partial charge on any atom is 0.326 e. The van der Waals surface area contributed by atoms with Crippen LogP contribution in [0.2, 0.25) is 0 Å². The molecule has 1 fully saturated rings. The van der Waals surface area contributed by atoms with Gasteiger partial charge in [0.15, 0.2) is 5.82 Å². The van der Waals surface area contributed by atoms with Gasteiger partial charge < -0.3 is 14.7 Å². The van der Waals surface area contributed by atoms with Crippen LogP contribution >= 0.6 is 0 Å². The first kappa shape index (κ1) is 14.6. The number of carbonyl (C=O) groups is 1. The van der Waals surface area contributed by atoms with Gasteiger partial charge in [0.25, 0.3) is 5.88 Å². The number of hydrogen-bond donors (Lipinski definition) is 1. The Bertz CT molecular complexity index is 689. The summed E-state index contributed by atoms with van der Waals surface area (Å²) in [7, 11) is 0. The van der Waals surface area contributed by atoms with Crippen LogP contribution < -0.4 is 9.64 Å². The number of hydrogen-bond acceptors (Lipinski definition) is 5. The lowest BCUT2D eigenvalue weighted by molar-refractivity contribution is -0.139. The van der Waals surface area contributed by atoms with Gasteiger partial charge in [-0.3, -0.25) is 0 Å². The molecule has 116 valence electrons. The zero-order valence-corrected chi connectivity index (χ0v) is 12.5. The highest BCUT2D eigenvalue weighted by molar-refractivity contribution is 5.81. The van der Waals surface area contributed by atoms with Crippen LogP contribution in [0.15, 0.2) is 24.3 Å². The first-order valence-electron chi connectivity index (χ1n) is 7.59. The van der Waals surface area contributed by atoms with Crippen LogP contribution in [-0.4, -0.2) is 40.2 Å². The standard InChI is InChI=1S/C16H19N3O3/c1-2-22-15-14(17-11-7-3-4-8-12(11)18-15)19-10-6-5-9-13(19)16(20)21/h3-4,7-8,13H,2,5-6,9-10H2,1H3,(H,20,21)/t13-/m1/s1. The lowest BCUT2D eigenvalue weighted by Crippen LogP contribution is -2.45. The van der Waals surface area contributed by atoms with Crippen molar-refractivity contribution in [2.24, 2.45) is 0 Å². The van der Waals surface area contributed by atoms with E-state index in [0.29, 0.717) is 31.3 Å². The number of piperidine rings is 1. The fourth-order valence-electron chi connectivity index (χ4n) is 2.84. The Labute approximate surface area is 128 Å². The molecule has 3 rings (SSSR count). The quantitative estimate of drug-likeness (QED) is 0.935. The summed E-state index contributed by atoms with van der Waals surface area (Å²) in [6.45, 7) is 3.00. The summed E-state index contributed by atoms with van der Waals surface area (Å²) in [5, 5.41) is 9.47. The molecule has 0 spiro atoms. The molecule has 2 aromatic rings. The van der Waals surface area contributed by atoms with E-state index in [1.807, 2.05) is 36.1 Å². The molecule has 1 aliphatic rings. The number of carboxylic acids is 1. The molecule has 22 heavy (non-hydrogen) atoms. The molecule has 1 N–H and O–H groups in total. The van der Waals surface area contributed by atoms with Gasteiger partial charge >= 0.3 is 5.97 Å². The second-order valence-corrected chi connectivity index (χ2v) is 5.32. The van der Waals surface area contributed by atoms with Gasteiger partial charge in [-0.15, -0.1) is 0 Å². The molecule has 1 aromatic carbocycles. The minimum atomic E-state index is -0.822. The molecule has 6 heteroatoms. The van der Waals surface area contributed by atoms with E-state index in [9.17, 15) is 9.90 Å². The van der Waals surface area contributed by atoms with Crippen LogP contribution in [0.5, 0.6) is 5.88 Å². The van der Waals surface area contributed by atoms with E-state index in [-0.39, 0.29) is 0 Å². The van der Waals surface area contributed by atoms with Gasteiger partial charge in [0.2, 0.25) is 0 Å². The summed E-state index contributed by atoms with van der Waals surface area (Å²) in [4.78, 5) is 22.5. The molecular weight excluding hydrogens is 282 g/mol. The normalized spacial score (nSPS) is 18.4. The highest BCUT2D eigenvalue weighted by atomic mass is 16.5. The highest BCUT2D eigenvalue weighted by Gasteiger charge is 2.32. The van der Waals surface area contributed by atoms with Gasteiger partial charge in [0, 0.05) is 6.54 Å². The van der Waals surface area contributed by atoms with E-state index in [1.54, 1.807) is 0 Å². The lowest BCUT2D eigenvalue weighted by Gasteiger charge is -2.34. The molecule has 0 aliphatic carbocycles. The lowest BCUT2D eigenvalue weighted by atomic mass is 10.0. The zero-order chi connectivity index (χ0) is 15.5. The number of carboxylic acid groups (broad SMARTS) is 1. The van der Waals surface area contributed by atoms with Crippen molar-refractivity contribution in [2.45, 2.75) is 32.2 Å². The molecule has 1 saturated heterocycles. The molecule has 0 amide bonds. The van der Waals surface area contributed by atoms with Crippen molar-refractivity contribution in [3.8, 4) is 5.88 Å². The van der Waals surface area contributed by atoms with Gasteiger partial charge in [-0.1, -0.05) is 12.1 Å². The van der Waals surface area contributed by atoms with Crippen LogP contribution in [0.4, 0.5) is 5.82 Å². The molecule has 0 saturated carbocycles. The van der Waals surface area contributed by atoms with Crippen molar-refractivity contribution < 1.29 is 14.6 Å². The number of para-hydroxylation sites is 2. The van der Waals surface area contributed by atoms with Crippen LogP contribution in [-0.2, 0) is 4.79 Å². The number of benzene rings is 1. The fourth-order valence-corrected chi connectivity index (χ4v) is 2.84. The average molecular weight is 301 g/mol. The van der Waals surface area contributed by atoms with Crippen molar-refractivity contribution in [1.29, 1.82) is 0 Å². The molecule has 0 bridgehead atoms. The van der Waals surface area contributed by atoms with E-state index in [0.717, 1.165) is 23.9 Å². The van der Waals surface area contributed by atoms with Gasteiger partial charge in [-0.25, -0.2) is 14.8 Å². The minimum absolute atomic E-state index is 0.411. The Balaban J connectivity index is 2.10. The van der Waals surface area contributed by atoms with Gasteiger partial charge in [-0.2, -0.15) is 0 Å². The summed E-state index contributed by atoms with van der Waals surface area (Å²) in [5.74, 6) is 0.124. The Morgan fingerprint density at radius 1 is 1.32 bits per heavy atom. The van der Waals surface area contributed by atoms with Crippen molar-refractivity contribution in [3.63, 3.8) is 0 Å². The van der Waals surface area contributed by atoms with Crippen molar-refractivity contribution in [1.82, 2.24) is 9.97 Å². The van der Waals surface area contributed by atoms with E-state index in [4.69, 9.17) is 4.74 Å². The van der Waals surface area contributed by atoms with E-state index in [2.05, 4.69) is 9.97 Å². The molecule has 1 aliphatic heterocycles. The minimum Gasteiger partial charge on any atom is -0.480 e. The predicted octanol–water partition coefficient (Wildman–Crippen LogP) is 2.47. The first-order chi connectivity index (χ1) is 10.7. The van der Waals surface area contributed by atoms with Crippen LogP contribution in [0.3, 0.4) is 0 Å². The summed E-state index contributed by atoms with van der Waals surface area (Å²) in [6.07, 6.45) is 2.48. The zero-order valence-electron chi connectivity index (χ0n) is 12.5. The van der Waals surface area contributed by atoms with E-state index >= 15 is 0 Å². The van der Waals surface area contributed by atoms with Crippen LogP contribution in [0.1, 0.15) is 26.2 Å². The maximum absolute atomic E-state index is 11.5. The molecule has 2 heterocycles. The van der Waals surface area contributed by atoms with E-state index in [1.165, 1.54) is 0 Å². The number of nitrogens with zero attached hydrogens (tertiary/aromatic N) is 3. The fraction of sp³-hybridized carbons (Fsp3) is 0.438. The second-order valence-electron chi connectivity index (χ2n) is 5.32. The molecule has 1 atom stereocenters. The number of aromatic nitrogens is 2. The maximum atomic E-state index is 11.5. The topological polar surface area (TPSA) is 75.6 Å². The third kappa shape index (κ3) is 2.68. The number of aliphatic carboxylic acids is 1. The third-order valence-corrected chi connectivity index (χ3v) is 3.86. The Morgan fingerprint density at radius 3 is 2.73 bits per heavy atom. The van der Waals surface area contributed by atoms with Crippen molar-refractivity contribution in [2.75, 3.05) is 18.1 Å². The first-order valence-corrected chi connectivity index (χ1v) is 7.59. The molecule has 0 unspecified atom stereocenters. The van der Waals surface area contributed by atoms with Crippen LogP contribution in [0.25, 0.3) is 11.0 Å². The Hall–Kier alpha value is -2.37. The average Bonchev–Trinajstić information content (AvgIpc) is 2.54. The summed E-state index contributed by atoms with van der Waals surface area (Å²) >= 11 is 0. The molecule has 1 aromatic heterocycles. The number of anilines is 1. The Kier molecular flexibility index (Phi) is 4.09. The molecule has 0 radical (unpaired) electrons. The number of fused-ring (bicyclic) bond motifs is 1. The van der Waals surface area contributed by atoms with Crippen LogP contribution in [0, 0.1) is 0 Å². The summed E-state index contributed by atoms with van der Waals surface area (Å²) in [5.41, 5.74) is 1.49. The summed E-state index contributed by atoms with van der Waals surface area (Å²) < 4.78 is 5.62. The summed E-state index contributed by atoms with van der Waals surface area (Å²) in [6, 6.07) is 6.98. The number of ether oxygens (including phenoxy) is 1. The van der Waals surface area contributed by atoms with Crippen molar-refractivity contribution >= 4 is 22.8 Å². The smallest absolute Gasteiger partial charge is 0.326 e. The third-order valence-electron chi connectivity index (χ3n) is 3.86. The number of rotatable bonds is 4. The Morgan fingerprint density at radius 2 is 2.05 bits per heavy atom. The monoisotopic (exact) mass is 301 g/mol. The van der Waals surface area contributed by atoms with Gasteiger partial charge in [0.1, 0.15) is 6.04 Å². The predicted molar refractivity (Wildman–Crippen MR) is 83.3 cm³/mol.